The lowest BCUT2D eigenvalue weighted by Gasteiger charge is -2.29. The van der Waals surface area contributed by atoms with E-state index in [1.807, 2.05) is 12.1 Å². The van der Waals surface area contributed by atoms with Crippen molar-refractivity contribution in [3.8, 4) is 0 Å². The van der Waals surface area contributed by atoms with Gasteiger partial charge in [0.15, 0.2) is 0 Å². The quantitative estimate of drug-likeness (QED) is 0.815. The molecule has 2 saturated heterocycles. The number of hydrogen-bond donors (Lipinski definition) is 2. The van der Waals surface area contributed by atoms with Crippen molar-refractivity contribution < 1.29 is 19.1 Å². The average Bonchev–Trinajstić information content (AvgIpc) is 2.66. The summed E-state index contributed by atoms with van der Waals surface area (Å²) < 4.78 is 10.3. The summed E-state index contributed by atoms with van der Waals surface area (Å²) in [5, 5.41) is 5.97. The number of morpholine rings is 1. The molecule has 2 N–H and O–H groups in total. The maximum Gasteiger partial charge on any atom is 0.409 e. The summed E-state index contributed by atoms with van der Waals surface area (Å²) in [5.41, 5.74) is 1.54. The van der Waals surface area contributed by atoms with Crippen molar-refractivity contribution in [3.63, 3.8) is 0 Å². The monoisotopic (exact) mass is 382 g/mol. The Morgan fingerprint density at radius 3 is 2.77 bits per heavy atom. The number of hydrogen-bond acceptors (Lipinski definition) is 5. The van der Waals surface area contributed by atoms with Gasteiger partial charge in [-0.05, 0) is 24.6 Å². The normalized spacial score (nSPS) is 17.7. The predicted molar refractivity (Wildman–Crippen MR) is 99.0 cm³/mol. The van der Waals surface area contributed by atoms with Gasteiger partial charge >= 0.3 is 12.1 Å². The van der Waals surface area contributed by atoms with E-state index in [2.05, 4.69) is 15.5 Å². The fourth-order valence-electron chi connectivity index (χ4n) is 2.90. The Hall–Kier alpha value is -2.19. The Kier molecular flexibility index (Phi) is 6.40. The highest BCUT2D eigenvalue weighted by Gasteiger charge is 2.19. The van der Waals surface area contributed by atoms with Crippen LogP contribution in [0.25, 0.3) is 0 Å². The summed E-state index contributed by atoms with van der Waals surface area (Å²) >= 11 is 6.20. The van der Waals surface area contributed by atoms with Crippen molar-refractivity contribution in [1.82, 2.24) is 10.2 Å². The molecule has 9 heteroatoms. The van der Waals surface area contributed by atoms with Crippen LogP contribution in [0.15, 0.2) is 18.2 Å². The van der Waals surface area contributed by atoms with E-state index in [1.54, 1.807) is 11.0 Å². The number of rotatable bonds is 5. The molecule has 142 valence electrons. The van der Waals surface area contributed by atoms with Crippen LogP contribution in [0.3, 0.4) is 0 Å². The van der Waals surface area contributed by atoms with Gasteiger partial charge in [0.1, 0.15) is 0 Å². The van der Waals surface area contributed by atoms with Gasteiger partial charge in [-0.25, -0.2) is 9.59 Å². The highest BCUT2D eigenvalue weighted by atomic mass is 35.5. The first-order valence-electron chi connectivity index (χ1n) is 8.72. The summed E-state index contributed by atoms with van der Waals surface area (Å²) in [6.07, 6.45) is 0.474. The lowest BCUT2D eigenvalue weighted by atomic mass is 10.2. The molecule has 0 atom stereocenters. The molecule has 3 amide bonds. The summed E-state index contributed by atoms with van der Waals surface area (Å²) in [4.78, 5) is 27.4. The van der Waals surface area contributed by atoms with E-state index in [4.69, 9.17) is 21.1 Å². The van der Waals surface area contributed by atoms with E-state index in [1.165, 1.54) is 0 Å². The minimum atomic E-state index is -0.364. The summed E-state index contributed by atoms with van der Waals surface area (Å²) in [6, 6.07) is 5.19. The van der Waals surface area contributed by atoms with E-state index >= 15 is 0 Å². The summed E-state index contributed by atoms with van der Waals surface area (Å²) in [7, 11) is 0. The van der Waals surface area contributed by atoms with Crippen molar-refractivity contribution in [2.24, 2.45) is 0 Å². The third kappa shape index (κ3) is 4.92. The predicted octanol–water partition coefficient (Wildman–Crippen LogP) is 2.14. The molecule has 0 unspecified atom stereocenters. The van der Waals surface area contributed by atoms with E-state index in [0.717, 1.165) is 25.2 Å². The number of carbonyl (C=O) groups is 2. The molecule has 2 aliphatic heterocycles. The second kappa shape index (κ2) is 8.95. The molecule has 0 saturated carbocycles. The van der Waals surface area contributed by atoms with Crippen molar-refractivity contribution >= 4 is 35.1 Å². The zero-order valence-electron chi connectivity index (χ0n) is 14.5. The van der Waals surface area contributed by atoms with Crippen LogP contribution in [-0.2, 0) is 9.47 Å². The maximum atomic E-state index is 12.1. The van der Waals surface area contributed by atoms with E-state index < -0.39 is 0 Å². The lowest BCUT2D eigenvalue weighted by Crippen LogP contribution is -2.43. The fourth-order valence-corrected chi connectivity index (χ4v) is 3.06. The zero-order chi connectivity index (χ0) is 18.4. The third-order valence-electron chi connectivity index (χ3n) is 4.30. The second-order valence-electron chi connectivity index (χ2n) is 6.10. The Morgan fingerprint density at radius 1 is 1.19 bits per heavy atom. The minimum absolute atomic E-state index is 0.334. The van der Waals surface area contributed by atoms with E-state index in [0.29, 0.717) is 50.2 Å². The highest BCUT2D eigenvalue weighted by Crippen LogP contribution is 2.28. The Labute approximate surface area is 157 Å². The van der Waals surface area contributed by atoms with Crippen LogP contribution >= 0.6 is 11.6 Å². The molecule has 2 heterocycles. The number of cyclic esters (lactones) is 1. The first-order valence-corrected chi connectivity index (χ1v) is 9.10. The van der Waals surface area contributed by atoms with Crippen LogP contribution in [-0.4, -0.2) is 69.6 Å². The minimum Gasteiger partial charge on any atom is -0.449 e. The number of nitrogens with one attached hydrogen (secondary N) is 2. The SMILES string of the molecule is O=C(NCCN1CCCOC1=O)Nc1cc(N2CCOCC2)ccc1Cl. The molecule has 0 radical (unpaired) electrons. The number of ether oxygens (including phenoxy) is 2. The fraction of sp³-hybridized carbons (Fsp3) is 0.529. The molecular formula is C17H23ClN4O4. The van der Waals surface area contributed by atoms with Crippen LogP contribution in [0.2, 0.25) is 5.02 Å². The largest absolute Gasteiger partial charge is 0.449 e. The molecule has 1 aromatic rings. The van der Waals surface area contributed by atoms with Crippen LogP contribution in [0.5, 0.6) is 0 Å². The summed E-state index contributed by atoms with van der Waals surface area (Å²) in [5.74, 6) is 0. The number of halogens is 1. The van der Waals surface area contributed by atoms with Crippen molar-refractivity contribution in [2.75, 3.05) is 62.8 Å². The molecule has 8 nitrogen and oxygen atoms in total. The number of amides is 3. The van der Waals surface area contributed by atoms with Gasteiger partial charge in [-0.2, -0.15) is 0 Å². The Bertz CT molecular complexity index is 652. The van der Waals surface area contributed by atoms with Gasteiger partial charge in [-0.3, -0.25) is 0 Å². The lowest BCUT2D eigenvalue weighted by molar-refractivity contribution is 0.0736. The molecule has 26 heavy (non-hydrogen) atoms. The second-order valence-corrected chi connectivity index (χ2v) is 6.51. The van der Waals surface area contributed by atoms with Gasteiger partial charge in [0.25, 0.3) is 0 Å². The number of benzene rings is 1. The van der Waals surface area contributed by atoms with Gasteiger partial charge in [0.05, 0.1) is 30.5 Å². The van der Waals surface area contributed by atoms with Gasteiger partial charge < -0.3 is 29.9 Å². The summed E-state index contributed by atoms with van der Waals surface area (Å²) in [6.45, 7) is 4.83. The molecule has 0 aliphatic carbocycles. The van der Waals surface area contributed by atoms with Crippen LogP contribution in [0.4, 0.5) is 21.0 Å². The van der Waals surface area contributed by atoms with Crippen molar-refractivity contribution in [3.05, 3.63) is 23.2 Å². The van der Waals surface area contributed by atoms with E-state index in [9.17, 15) is 9.59 Å². The number of urea groups is 1. The van der Waals surface area contributed by atoms with Gasteiger partial charge in [0, 0.05) is 38.4 Å². The van der Waals surface area contributed by atoms with Crippen LogP contribution in [0.1, 0.15) is 6.42 Å². The van der Waals surface area contributed by atoms with Gasteiger partial charge in [0.2, 0.25) is 0 Å². The highest BCUT2D eigenvalue weighted by molar-refractivity contribution is 6.33. The van der Waals surface area contributed by atoms with Gasteiger partial charge in [-0.15, -0.1) is 0 Å². The Morgan fingerprint density at radius 2 is 2.00 bits per heavy atom. The molecule has 2 fully saturated rings. The number of carbonyl (C=O) groups excluding carboxylic acids is 2. The molecule has 3 rings (SSSR count). The van der Waals surface area contributed by atoms with Crippen molar-refractivity contribution in [2.45, 2.75) is 6.42 Å². The van der Waals surface area contributed by atoms with Crippen molar-refractivity contribution in [1.29, 1.82) is 0 Å². The molecule has 2 aliphatic rings. The number of anilines is 2. The molecule has 0 aromatic heterocycles. The Balaban J connectivity index is 1.50. The molecule has 0 bridgehead atoms. The maximum absolute atomic E-state index is 12.1. The van der Waals surface area contributed by atoms with Crippen LogP contribution < -0.4 is 15.5 Å². The zero-order valence-corrected chi connectivity index (χ0v) is 15.3. The first-order chi connectivity index (χ1) is 12.6. The topological polar surface area (TPSA) is 83.1 Å². The standard InChI is InChI=1S/C17H23ClN4O4/c18-14-3-2-13(21-7-10-25-11-8-21)12-15(14)20-16(23)19-4-6-22-5-1-9-26-17(22)24/h2-3,12H,1,4-11H2,(H2,19,20,23). The van der Waals surface area contributed by atoms with E-state index in [-0.39, 0.29) is 12.1 Å². The molecule has 0 spiro atoms. The first kappa shape index (κ1) is 18.6. The molecule has 1 aromatic carbocycles. The average molecular weight is 383 g/mol. The third-order valence-corrected chi connectivity index (χ3v) is 4.63. The smallest absolute Gasteiger partial charge is 0.409 e. The van der Waals surface area contributed by atoms with Gasteiger partial charge in [-0.1, -0.05) is 11.6 Å². The number of nitrogens with zero attached hydrogens (tertiary/aromatic N) is 2. The molecular weight excluding hydrogens is 360 g/mol. The van der Waals surface area contributed by atoms with Crippen LogP contribution in [0, 0.1) is 0 Å².